The van der Waals surface area contributed by atoms with Gasteiger partial charge in [0, 0.05) is 33.4 Å². The highest BCUT2D eigenvalue weighted by molar-refractivity contribution is 6.31. The maximum Gasteiger partial charge on any atom is 0.337 e. The second-order valence-corrected chi connectivity index (χ2v) is 6.60. The van der Waals surface area contributed by atoms with Crippen LogP contribution in [0.1, 0.15) is 17.3 Å². The van der Waals surface area contributed by atoms with E-state index < -0.39 is 5.97 Å². The molecule has 0 aliphatic carbocycles. The quantitative estimate of drug-likeness (QED) is 0.413. The minimum absolute atomic E-state index is 0.109. The number of aromatic nitrogens is 1. The molecule has 0 radical (unpaired) electrons. The highest BCUT2D eigenvalue weighted by atomic mass is 35.5. The van der Waals surface area contributed by atoms with Crippen molar-refractivity contribution in [2.45, 2.75) is 13.5 Å². The van der Waals surface area contributed by atoms with Gasteiger partial charge >= 0.3 is 5.97 Å². The summed E-state index contributed by atoms with van der Waals surface area (Å²) < 4.78 is 2.00. The molecule has 3 aromatic rings. The lowest BCUT2D eigenvalue weighted by Crippen LogP contribution is -2.02. The molecule has 2 aromatic carbocycles. The predicted molar refractivity (Wildman–Crippen MR) is 112 cm³/mol. The van der Waals surface area contributed by atoms with Crippen molar-refractivity contribution in [1.29, 1.82) is 5.26 Å². The molecular formula is C22H18ClN3O2. The first-order valence-electron chi connectivity index (χ1n) is 8.62. The molecule has 0 fully saturated rings. The highest BCUT2D eigenvalue weighted by Crippen LogP contribution is 2.27. The summed E-state index contributed by atoms with van der Waals surface area (Å²) >= 11 is 5.90. The van der Waals surface area contributed by atoms with Crippen LogP contribution in [0.4, 0.5) is 11.4 Å². The van der Waals surface area contributed by atoms with Crippen LogP contribution in [0, 0.1) is 11.3 Å². The molecule has 0 bridgehead atoms. The number of benzene rings is 2. The molecule has 0 spiro atoms. The number of aromatic carboxylic acids is 1. The van der Waals surface area contributed by atoms with E-state index in [9.17, 15) is 15.2 Å². The van der Waals surface area contributed by atoms with Gasteiger partial charge < -0.3 is 15.0 Å². The van der Waals surface area contributed by atoms with Gasteiger partial charge in [-0.1, -0.05) is 23.8 Å². The average Bonchev–Trinajstić information content (AvgIpc) is 3.08. The van der Waals surface area contributed by atoms with E-state index in [1.165, 1.54) is 6.07 Å². The predicted octanol–water partition coefficient (Wildman–Crippen LogP) is 5.76. The maximum absolute atomic E-state index is 11.4. The first-order valence-corrected chi connectivity index (χ1v) is 9.00. The van der Waals surface area contributed by atoms with Gasteiger partial charge in [-0.3, -0.25) is 0 Å². The van der Waals surface area contributed by atoms with Crippen molar-refractivity contribution < 1.29 is 9.90 Å². The van der Waals surface area contributed by atoms with Crippen LogP contribution in [0.5, 0.6) is 0 Å². The van der Waals surface area contributed by atoms with Gasteiger partial charge in [0.05, 0.1) is 23.9 Å². The Bertz CT molecular complexity index is 1140. The van der Waals surface area contributed by atoms with E-state index in [1.807, 2.05) is 54.1 Å². The summed E-state index contributed by atoms with van der Waals surface area (Å²) in [7, 11) is 0. The number of allylic oxidation sites excluding steroid dienone is 4. The van der Waals surface area contributed by atoms with E-state index in [1.54, 1.807) is 18.2 Å². The van der Waals surface area contributed by atoms with E-state index in [0.29, 0.717) is 22.8 Å². The molecule has 2 N–H and O–H groups in total. The van der Waals surface area contributed by atoms with Crippen molar-refractivity contribution in [2.24, 2.45) is 0 Å². The number of carboxylic acids is 1. The number of carboxylic acid groups (broad SMARTS) is 1. The van der Waals surface area contributed by atoms with Gasteiger partial charge in [0.15, 0.2) is 0 Å². The molecule has 0 aliphatic rings. The molecular weight excluding hydrogens is 374 g/mol. The molecule has 0 amide bonds. The molecule has 28 heavy (non-hydrogen) atoms. The molecule has 5 nitrogen and oxygen atoms in total. The summed E-state index contributed by atoms with van der Waals surface area (Å²) in [6, 6.07) is 14.6. The third-order valence-electron chi connectivity index (χ3n) is 4.24. The zero-order chi connectivity index (χ0) is 20.1. The molecule has 0 aliphatic heterocycles. The minimum atomic E-state index is -1.05. The fourth-order valence-electron chi connectivity index (χ4n) is 2.89. The van der Waals surface area contributed by atoms with Crippen LogP contribution >= 0.6 is 11.6 Å². The fourth-order valence-corrected chi connectivity index (χ4v) is 3.07. The summed E-state index contributed by atoms with van der Waals surface area (Å²) in [5, 5.41) is 23.2. The Morgan fingerprint density at radius 2 is 2.11 bits per heavy atom. The lowest BCUT2D eigenvalue weighted by Gasteiger charge is -2.11. The number of halogens is 1. The number of nitrogens with one attached hydrogen (secondary N) is 1. The van der Waals surface area contributed by atoms with Crippen LogP contribution in [0.15, 0.2) is 72.5 Å². The second-order valence-electron chi connectivity index (χ2n) is 6.17. The van der Waals surface area contributed by atoms with Gasteiger partial charge in [0.2, 0.25) is 0 Å². The average molecular weight is 392 g/mol. The molecule has 6 heteroatoms. The Morgan fingerprint density at radius 1 is 1.29 bits per heavy atom. The number of nitriles is 1. The van der Waals surface area contributed by atoms with E-state index in [0.717, 1.165) is 16.6 Å². The number of anilines is 2. The fraction of sp³-hybridized carbons (Fsp3) is 0.0909. The summed E-state index contributed by atoms with van der Waals surface area (Å²) in [5.41, 5.74) is 2.99. The first-order chi connectivity index (χ1) is 13.5. The van der Waals surface area contributed by atoms with Crippen LogP contribution in [-0.2, 0) is 6.54 Å². The van der Waals surface area contributed by atoms with Crippen molar-refractivity contribution >= 4 is 39.8 Å². The van der Waals surface area contributed by atoms with Crippen LogP contribution in [0.25, 0.3) is 10.9 Å². The first kappa shape index (κ1) is 19.3. The van der Waals surface area contributed by atoms with Gasteiger partial charge in [-0.25, -0.2) is 4.79 Å². The molecule has 1 aromatic heterocycles. The molecule has 0 saturated heterocycles. The highest BCUT2D eigenvalue weighted by Gasteiger charge is 2.11. The summed E-state index contributed by atoms with van der Waals surface area (Å²) in [5.74, 6) is -1.05. The van der Waals surface area contributed by atoms with E-state index in [4.69, 9.17) is 11.6 Å². The lowest BCUT2D eigenvalue weighted by atomic mass is 10.1. The molecule has 3 rings (SSSR count). The number of nitrogens with zero attached hydrogens (tertiary/aromatic N) is 2. The number of hydrogen-bond donors (Lipinski definition) is 2. The Balaban J connectivity index is 1.89. The summed E-state index contributed by atoms with van der Waals surface area (Å²) in [6.45, 7) is 2.39. The van der Waals surface area contributed by atoms with Crippen molar-refractivity contribution in [3.05, 3.63) is 83.0 Å². The van der Waals surface area contributed by atoms with Gasteiger partial charge in [0.1, 0.15) is 0 Å². The van der Waals surface area contributed by atoms with Crippen LogP contribution in [0.3, 0.4) is 0 Å². The van der Waals surface area contributed by atoms with Crippen molar-refractivity contribution in [1.82, 2.24) is 4.57 Å². The monoisotopic (exact) mass is 391 g/mol. The van der Waals surface area contributed by atoms with Crippen LogP contribution < -0.4 is 5.32 Å². The van der Waals surface area contributed by atoms with Crippen molar-refractivity contribution in [3.8, 4) is 6.07 Å². The standard InChI is InChI=1S/C22H18ClN3O2/c1-2-3-4-15(13-24)14-26-10-9-16-11-18(6-8-21(16)26)25-20-7-5-17(23)12-19(20)22(27)28/h2-12,25H,14H2,1H3,(H,27,28)/b3-2-,15-4-. The Hall–Kier alpha value is -3.49. The topological polar surface area (TPSA) is 78.0 Å². The van der Waals surface area contributed by atoms with E-state index in [2.05, 4.69) is 11.4 Å². The molecule has 0 saturated carbocycles. The largest absolute Gasteiger partial charge is 0.478 e. The third kappa shape index (κ3) is 4.25. The summed E-state index contributed by atoms with van der Waals surface area (Å²) in [6.07, 6.45) is 7.46. The Kier molecular flexibility index (Phi) is 5.83. The molecule has 140 valence electrons. The zero-order valence-electron chi connectivity index (χ0n) is 15.2. The van der Waals surface area contributed by atoms with Gasteiger partial charge in [-0.15, -0.1) is 0 Å². The maximum atomic E-state index is 11.4. The van der Waals surface area contributed by atoms with Crippen LogP contribution in [0.2, 0.25) is 5.02 Å². The van der Waals surface area contributed by atoms with Crippen molar-refractivity contribution in [3.63, 3.8) is 0 Å². The normalized spacial score (nSPS) is 11.7. The zero-order valence-corrected chi connectivity index (χ0v) is 15.9. The minimum Gasteiger partial charge on any atom is -0.478 e. The smallest absolute Gasteiger partial charge is 0.337 e. The molecule has 0 atom stereocenters. The van der Waals surface area contributed by atoms with Crippen LogP contribution in [-0.4, -0.2) is 15.6 Å². The number of fused-ring (bicyclic) bond motifs is 1. The van der Waals surface area contributed by atoms with Gasteiger partial charge in [-0.05, 0) is 55.5 Å². The van der Waals surface area contributed by atoms with E-state index >= 15 is 0 Å². The van der Waals surface area contributed by atoms with Crippen molar-refractivity contribution in [2.75, 3.05) is 5.32 Å². The Morgan fingerprint density at radius 3 is 2.82 bits per heavy atom. The second kappa shape index (κ2) is 8.47. The number of rotatable bonds is 6. The SMILES string of the molecule is C/C=C\C=C(\C#N)Cn1ccc2cc(Nc3ccc(Cl)cc3C(=O)O)ccc21. The van der Waals surface area contributed by atoms with Gasteiger partial charge in [-0.2, -0.15) is 5.26 Å². The number of hydrogen-bond acceptors (Lipinski definition) is 3. The number of carbonyl (C=O) groups is 1. The summed E-state index contributed by atoms with van der Waals surface area (Å²) in [4.78, 5) is 11.4. The molecule has 0 unspecified atom stereocenters. The van der Waals surface area contributed by atoms with Gasteiger partial charge in [0.25, 0.3) is 0 Å². The molecule has 1 heterocycles. The van der Waals surface area contributed by atoms with E-state index in [-0.39, 0.29) is 5.56 Å². The third-order valence-corrected chi connectivity index (χ3v) is 4.47. The Labute approximate surface area is 167 Å². The lowest BCUT2D eigenvalue weighted by molar-refractivity contribution is 0.0698.